The second-order valence-corrected chi connectivity index (χ2v) is 8.29. The lowest BCUT2D eigenvalue weighted by Gasteiger charge is -2.12. The zero-order valence-electron chi connectivity index (χ0n) is 16.7. The third-order valence-corrected chi connectivity index (χ3v) is 6.61. The maximum atomic E-state index is 12.7. The van der Waals surface area contributed by atoms with Crippen molar-refractivity contribution in [2.75, 3.05) is 12.4 Å². The highest BCUT2D eigenvalue weighted by Crippen LogP contribution is 2.38. The minimum absolute atomic E-state index is 0.133. The molecule has 0 saturated heterocycles. The molecule has 3 heterocycles. The first-order valence-electron chi connectivity index (χ1n) is 9.68. The lowest BCUT2D eigenvalue weighted by molar-refractivity contribution is -0.116. The van der Waals surface area contributed by atoms with Gasteiger partial charge in [0, 0.05) is 22.7 Å². The molecule has 152 valence electrons. The van der Waals surface area contributed by atoms with Gasteiger partial charge in [0.1, 0.15) is 11.3 Å². The summed E-state index contributed by atoms with van der Waals surface area (Å²) < 4.78 is 6.65. The number of amides is 1. The Kier molecular flexibility index (Phi) is 5.31. The number of thiophene rings is 1. The first-order chi connectivity index (χ1) is 14.0. The number of hydrogen-bond donors (Lipinski definition) is 1. The number of carbonyl (C=O) groups is 2. The topological polar surface area (TPSA) is 98.5 Å². The highest BCUT2D eigenvalue weighted by atomic mass is 32.1. The van der Waals surface area contributed by atoms with Crippen molar-refractivity contribution in [3.8, 4) is 0 Å². The van der Waals surface area contributed by atoms with Crippen molar-refractivity contribution in [2.45, 2.75) is 52.4 Å². The SMILES string of the molecule is COC(=O)c1c(NC(=O)CCc2c(C)nc3ncnn3c2C)sc2c1CCCC2. The number of rotatable bonds is 5. The van der Waals surface area contributed by atoms with Crippen LogP contribution >= 0.6 is 11.3 Å². The molecule has 4 rings (SSSR count). The molecular weight excluding hydrogens is 390 g/mol. The number of carbonyl (C=O) groups excluding carboxylic acids is 2. The molecule has 1 amide bonds. The Morgan fingerprint density at radius 1 is 1.28 bits per heavy atom. The van der Waals surface area contributed by atoms with E-state index < -0.39 is 0 Å². The molecule has 3 aromatic heterocycles. The van der Waals surface area contributed by atoms with Gasteiger partial charge in [0.2, 0.25) is 5.91 Å². The highest BCUT2D eigenvalue weighted by molar-refractivity contribution is 7.17. The quantitative estimate of drug-likeness (QED) is 0.646. The van der Waals surface area contributed by atoms with E-state index in [0.717, 1.165) is 48.2 Å². The molecule has 1 N–H and O–H groups in total. The first-order valence-corrected chi connectivity index (χ1v) is 10.5. The third-order valence-electron chi connectivity index (χ3n) is 5.40. The van der Waals surface area contributed by atoms with Crippen LogP contribution in [0.3, 0.4) is 0 Å². The number of methoxy groups -OCH3 is 1. The molecule has 0 aliphatic heterocycles. The molecule has 0 aromatic carbocycles. The fourth-order valence-corrected chi connectivity index (χ4v) is 5.21. The van der Waals surface area contributed by atoms with E-state index >= 15 is 0 Å². The van der Waals surface area contributed by atoms with Crippen LogP contribution in [0.2, 0.25) is 0 Å². The van der Waals surface area contributed by atoms with Crippen molar-refractivity contribution in [3.63, 3.8) is 0 Å². The normalized spacial score (nSPS) is 13.3. The number of esters is 1. The van der Waals surface area contributed by atoms with Gasteiger partial charge in [-0.15, -0.1) is 11.3 Å². The lowest BCUT2D eigenvalue weighted by atomic mass is 9.95. The zero-order chi connectivity index (χ0) is 20.5. The van der Waals surface area contributed by atoms with Crippen LogP contribution in [0.4, 0.5) is 5.00 Å². The van der Waals surface area contributed by atoms with Crippen molar-refractivity contribution in [1.82, 2.24) is 19.6 Å². The molecular formula is C20H23N5O3S. The van der Waals surface area contributed by atoms with Gasteiger partial charge in [-0.25, -0.2) is 14.3 Å². The number of nitrogens with zero attached hydrogens (tertiary/aromatic N) is 4. The van der Waals surface area contributed by atoms with Gasteiger partial charge in [-0.1, -0.05) is 0 Å². The summed E-state index contributed by atoms with van der Waals surface area (Å²) in [6, 6.07) is 0. The lowest BCUT2D eigenvalue weighted by Crippen LogP contribution is -2.16. The molecule has 0 saturated carbocycles. The van der Waals surface area contributed by atoms with E-state index in [2.05, 4.69) is 20.4 Å². The number of anilines is 1. The monoisotopic (exact) mass is 413 g/mol. The first kappa shape index (κ1) is 19.5. The van der Waals surface area contributed by atoms with Gasteiger partial charge in [0.15, 0.2) is 0 Å². The number of ether oxygens (including phenoxy) is 1. The minimum atomic E-state index is -0.382. The molecule has 8 nitrogen and oxygen atoms in total. The van der Waals surface area contributed by atoms with E-state index in [1.165, 1.54) is 29.7 Å². The predicted molar refractivity (Wildman–Crippen MR) is 110 cm³/mol. The van der Waals surface area contributed by atoms with Crippen molar-refractivity contribution in [3.05, 3.63) is 39.3 Å². The van der Waals surface area contributed by atoms with Crippen LogP contribution in [0.1, 0.15) is 57.0 Å². The van der Waals surface area contributed by atoms with Crippen molar-refractivity contribution < 1.29 is 14.3 Å². The maximum absolute atomic E-state index is 12.7. The number of fused-ring (bicyclic) bond motifs is 2. The van der Waals surface area contributed by atoms with Crippen LogP contribution in [0.5, 0.6) is 0 Å². The van der Waals surface area contributed by atoms with E-state index in [0.29, 0.717) is 22.8 Å². The number of hydrogen-bond acceptors (Lipinski definition) is 7. The van der Waals surface area contributed by atoms with Gasteiger partial charge in [-0.05, 0) is 57.1 Å². The minimum Gasteiger partial charge on any atom is -0.465 e. The van der Waals surface area contributed by atoms with E-state index in [1.54, 1.807) is 4.52 Å². The standard InChI is InChI=1S/C20H23N5O3S/c1-11-13(12(2)25-20(23-11)21-10-22-25)8-9-16(26)24-18-17(19(27)28-3)14-6-4-5-7-15(14)29-18/h10H,4-9H2,1-3H3,(H,24,26). The summed E-state index contributed by atoms with van der Waals surface area (Å²) in [7, 11) is 1.37. The summed E-state index contributed by atoms with van der Waals surface area (Å²) in [6.07, 6.45) is 6.25. The number of nitrogens with one attached hydrogen (secondary N) is 1. The average Bonchev–Trinajstić information content (AvgIpc) is 3.31. The Labute approximate surface area is 172 Å². The molecule has 3 aromatic rings. The largest absolute Gasteiger partial charge is 0.465 e. The van der Waals surface area contributed by atoms with Gasteiger partial charge in [-0.3, -0.25) is 4.79 Å². The Morgan fingerprint density at radius 3 is 2.86 bits per heavy atom. The van der Waals surface area contributed by atoms with Gasteiger partial charge in [0.05, 0.1) is 12.7 Å². The summed E-state index contributed by atoms with van der Waals surface area (Å²) in [5.74, 6) is 0.0403. The Hall–Kier alpha value is -2.81. The Bertz CT molecular complexity index is 1100. The van der Waals surface area contributed by atoms with Crippen LogP contribution in [0.15, 0.2) is 6.33 Å². The van der Waals surface area contributed by atoms with E-state index in [4.69, 9.17) is 4.74 Å². The fourth-order valence-electron chi connectivity index (χ4n) is 3.92. The summed E-state index contributed by atoms with van der Waals surface area (Å²) in [6.45, 7) is 3.86. The number of aryl methyl sites for hydroxylation is 3. The summed E-state index contributed by atoms with van der Waals surface area (Å²) in [5.41, 5.74) is 4.32. The predicted octanol–water partition coefficient (Wildman–Crippen LogP) is 3.04. The van der Waals surface area contributed by atoms with E-state index in [1.807, 2.05) is 13.8 Å². The molecule has 0 unspecified atom stereocenters. The van der Waals surface area contributed by atoms with Crippen LogP contribution in [-0.4, -0.2) is 38.6 Å². The second kappa shape index (κ2) is 7.90. The summed E-state index contributed by atoms with van der Waals surface area (Å²) >= 11 is 1.50. The van der Waals surface area contributed by atoms with Gasteiger partial charge in [0.25, 0.3) is 5.78 Å². The fraction of sp³-hybridized carbons (Fsp3) is 0.450. The zero-order valence-corrected chi connectivity index (χ0v) is 17.6. The van der Waals surface area contributed by atoms with Crippen LogP contribution in [0, 0.1) is 13.8 Å². The second-order valence-electron chi connectivity index (χ2n) is 7.19. The molecule has 0 spiro atoms. The summed E-state index contributed by atoms with van der Waals surface area (Å²) in [5, 5.41) is 7.74. The Balaban J connectivity index is 1.52. The molecule has 1 aliphatic rings. The Morgan fingerprint density at radius 2 is 2.07 bits per heavy atom. The van der Waals surface area contributed by atoms with Gasteiger partial charge >= 0.3 is 5.97 Å². The molecule has 1 aliphatic carbocycles. The number of aromatic nitrogens is 4. The van der Waals surface area contributed by atoms with E-state index in [9.17, 15) is 9.59 Å². The van der Waals surface area contributed by atoms with Crippen molar-refractivity contribution in [2.24, 2.45) is 0 Å². The molecule has 0 bridgehead atoms. The maximum Gasteiger partial charge on any atom is 0.341 e. The van der Waals surface area contributed by atoms with Crippen LogP contribution < -0.4 is 5.32 Å². The third kappa shape index (κ3) is 3.62. The van der Waals surface area contributed by atoms with Crippen LogP contribution in [-0.2, 0) is 28.8 Å². The average molecular weight is 414 g/mol. The molecule has 29 heavy (non-hydrogen) atoms. The highest BCUT2D eigenvalue weighted by Gasteiger charge is 2.27. The molecule has 0 atom stereocenters. The smallest absolute Gasteiger partial charge is 0.341 e. The van der Waals surface area contributed by atoms with Crippen LogP contribution in [0.25, 0.3) is 5.78 Å². The molecule has 0 fully saturated rings. The molecule has 9 heteroatoms. The van der Waals surface area contributed by atoms with Gasteiger partial charge < -0.3 is 10.1 Å². The van der Waals surface area contributed by atoms with E-state index in [-0.39, 0.29) is 18.3 Å². The van der Waals surface area contributed by atoms with Crippen molar-refractivity contribution >= 4 is 34.0 Å². The van der Waals surface area contributed by atoms with Gasteiger partial charge in [-0.2, -0.15) is 10.1 Å². The molecule has 0 radical (unpaired) electrons. The van der Waals surface area contributed by atoms with Crippen molar-refractivity contribution in [1.29, 1.82) is 0 Å². The summed E-state index contributed by atoms with van der Waals surface area (Å²) in [4.78, 5) is 34.8.